The van der Waals surface area contributed by atoms with Crippen LogP contribution in [0, 0.1) is 5.92 Å². The van der Waals surface area contributed by atoms with Crippen LogP contribution in [0.2, 0.25) is 0 Å². The van der Waals surface area contributed by atoms with Gasteiger partial charge in [-0.1, -0.05) is 6.92 Å². The van der Waals surface area contributed by atoms with Crippen LogP contribution in [0.15, 0.2) is 0 Å². The lowest BCUT2D eigenvalue weighted by molar-refractivity contribution is 0.567. The lowest BCUT2D eigenvalue weighted by Crippen LogP contribution is -2.24. The lowest BCUT2D eigenvalue weighted by Gasteiger charge is -2.15. The second-order valence-corrected chi connectivity index (χ2v) is 6.35. The highest BCUT2D eigenvalue weighted by atomic mass is 32.2. The lowest BCUT2D eigenvalue weighted by atomic mass is 10.0. The summed E-state index contributed by atoms with van der Waals surface area (Å²) in [5.74, 6) is 4.21. The molecular formula is C9H17S+. The van der Waals surface area contributed by atoms with Gasteiger partial charge in [0.05, 0.1) is 0 Å². The van der Waals surface area contributed by atoms with Gasteiger partial charge in [0.1, 0.15) is 16.8 Å². The van der Waals surface area contributed by atoms with Crippen LogP contribution in [0.1, 0.15) is 32.6 Å². The Morgan fingerprint density at radius 3 is 3.00 bits per heavy atom. The molecule has 10 heavy (non-hydrogen) atoms. The van der Waals surface area contributed by atoms with Crippen molar-refractivity contribution in [1.82, 2.24) is 0 Å². The zero-order valence-corrected chi connectivity index (χ0v) is 7.62. The molecule has 0 nitrogen and oxygen atoms in total. The van der Waals surface area contributed by atoms with Crippen molar-refractivity contribution >= 4 is 10.9 Å². The molecule has 2 rings (SSSR count). The zero-order chi connectivity index (χ0) is 6.97. The van der Waals surface area contributed by atoms with E-state index < -0.39 is 0 Å². The Labute approximate surface area is 66.7 Å². The average molecular weight is 157 g/mol. The average Bonchev–Trinajstić information content (AvgIpc) is 2.27. The molecule has 0 aromatic carbocycles. The van der Waals surface area contributed by atoms with Gasteiger partial charge in [-0.15, -0.1) is 0 Å². The molecule has 0 aliphatic carbocycles. The second-order valence-electron chi connectivity index (χ2n) is 3.87. The van der Waals surface area contributed by atoms with E-state index in [1.807, 2.05) is 0 Å². The Balaban J connectivity index is 1.97. The molecule has 0 bridgehead atoms. The molecule has 0 aromatic rings. The smallest absolute Gasteiger partial charge is 0.0578 e. The minimum Gasteiger partial charge on any atom is -0.0578 e. The summed E-state index contributed by atoms with van der Waals surface area (Å²) in [7, 11) is 0.885. The minimum atomic E-state index is 0.885. The van der Waals surface area contributed by atoms with E-state index in [9.17, 15) is 0 Å². The van der Waals surface area contributed by atoms with E-state index in [1.54, 1.807) is 24.3 Å². The van der Waals surface area contributed by atoms with Gasteiger partial charge in [-0.3, -0.25) is 0 Å². The molecule has 0 amide bonds. The fourth-order valence-electron chi connectivity index (χ4n) is 2.35. The molecule has 1 heteroatoms. The molecule has 2 aliphatic rings. The fraction of sp³-hybridized carbons (Fsp3) is 1.00. The predicted molar refractivity (Wildman–Crippen MR) is 48.5 cm³/mol. The maximum absolute atomic E-state index is 2.44. The van der Waals surface area contributed by atoms with E-state index >= 15 is 0 Å². The van der Waals surface area contributed by atoms with E-state index in [4.69, 9.17) is 0 Å². The molecule has 2 aliphatic heterocycles. The molecule has 58 valence electrons. The molecule has 2 heterocycles. The Morgan fingerprint density at radius 2 is 2.20 bits per heavy atom. The summed E-state index contributed by atoms with van der Waals surface area (Å²) in [5, 5.41) is 1.17. The van der Waals surface area contributed by atoms with Crippen LogP contribution in [0.4, 0.5) is 0 Å². The van der Waals surface area contributed by atoms with Crippen LogP contribution >= 0.6 is 0 Å². The predicted octanol–water partition coefficient (Wildman–Crippen LogP) is 2.20. The summed E-state index contributed by atoms with van der Waals surface area (Å²) in [6.45, 7) is 2.44. The summed E-state index contributed by atoms with van der Waals surface area (Å²) >= 11 is 0. The maximum atomic E-state index is 2.44. The fourth-order valence-corrected chi connectivity index (χ4v) is 5.66. The third-order valence-electron chi connectivity index (χ3n) is 2.82. The van der Waals surface area contributed by atoms with E-state index in [1.165, 1.54) is 18.1 Å². The van der Waals surface area contributed by atoms with E-state index in [0.717, 1.165) is 16.8 Å². The van der Waals surface area contributed by atoms with Gasteiger partial charge in [0.2, 0.25) is 0 Å². The molecule has 2 saturated heterocycles. The van der Waals surface area contributed by atoms with Gasteiger partial charge in [-0.25, -0.2) is 0 Å². The molecule has 0 N–H and O–H groups in total. The highest BCUT2D eigenvalue weighted by Crippen LogP contribution is 2.34. The van der Waals surface area contributed by atoms with Crippen molar-refractivity contribution in [2.24, 2.45) is 5.92 Å². The summed E-state index contributed by atoms with van der Waals surface area (Å²) in [4.78, 5) is 0. The van der Waals surface area contributed by atoms with E-state index in [0.29, 0.717) is 0 Å². The Morgan fingerprint density at radius 1 is 1.30 bits per heavy atom. The largest absolute Gasteiger partial charge is 0.118 e. The van der Waals surface area contributed by atoms with Crippen molar-refractivity contribution in [3.05, 3.63) is 0 Å². The maximum Gasteiger partial charge on any atom is 0.118 e. The quantitative estimate of drug-likeness (QED) is 0.473. The Hall–Kier alpha value is 0.350. The first-order valence-electron chi connectivity index (χ1n) is 4.52. The number of hydrogen-bond acceptors (Lipinski definition) is 0. The summed E-state index contributed by atoms with van der Waals surface area (Å²) in [5.41, 5.74) is 0. The van der Waals surface area contributed by atoms with Crippen LogP contribution in [-0.2, 0) is 10.9 Å². The topological polar surface area (TPSA) is 0 Å². The number of fused-ring (bicyclic) bond motifs is 1. The van der Waals surface area contributed by atoms with Crippen LogP contribution in [0.25, 0.3) is 0 Å². The van der Waals surface area contributed by atoms with Crippen LogP contribution in [0.3, 0.4) is 0 Å². The number of hydrogen-bond donors (Lipinski definition) is 0. The Kier molecular flexibility index (Phi) is 1.94. The highest BCUT2D eigenvalue weighted by molar-refractivity contribution is 7.97. The highest BCUT2D eigenvalue weighted by Gasteiger charge is 2.41. The van der Waals surface area contributed by atoms with Crippen LogP contribution < -0.4 is 0 Å². The van der Waals surface area contributed by atoms with Gasteiger partial charge >= 0.3 is 0 Å². The molecule has 2 fully saturated rings. The standard InChI is InChI=1S/C9H17S/c1-8-6-9-4-2-3-5-10(9)7-8/h8-9H,2-7H2,1H3/q+1/t8-,9-,10?/m1/s1. The van der Waals surface area contributed by atoms with Crippen molar-refractivity contribution < 1.29 is 0 Å². The van der Waals surface area contributed by atoms with Crippen LogP contribution in [0.5, 0.6) is 0 Å². The molecule has 0 saturated carbocycles. The SMILES string of the molecule is C[C@@H]1C[C@H]2CCCC[S+]2C1. The van der Waals surface area contributed by atoms with Gasteiger partial charge in [0.15, 0.2) is 0 Å². The molecule has 0 spiro atoms. The van der Waals surface area contributed by atoms with E-state index in [-0.39, 0.29) is 0 Å². The molecule has 0 aromatic heterocycles. The van der Waals surface area contributed by atoms with Gasteiger partial charge in [-0.2, -0.15) is 0 Å². The molecule has 1 unspecified atom stereocenters. The normalized spacial score (nSPS) is 47.1. The van der Waals surface area contributed by atoms with Gasteiger partial charge in [0, 0.05) is 12.3 Å². The summed E-state index contributed by atoms with van der Waals surface area (Å²) in [6, 6.07) is 0. The first-order chi connectivity index (χ1) is 4.86. The molecule has 0 radical (unpaired) electrons. The molecular weight excluding hydrogens is 140 g/mol. The third-order valence-corrected chi connectivity index (χ3v) is 6.00. The molecule has 3 atom stereocenters. The van der Waals surface area contributed by atoms with Crippen molar-refractivity contribution in [3.8, 4) is 0 Å². The van der Waals surface area contributed by atoms with E-state index in [2.05, 4.69) is 6.92 Å². The number of rotatable bonds is 0. The minimum absolute atomic E-state index is 0.885. The van der Waals surface area contributed by atoms with Crippen molar-refractivity contribution in [2.75, 3.05) is 11.5 Å². The monoisotopic (exact) mass is 157 g/mol. The summed E-state index contributed by atoms with van der Waals surface area (Å²) in [6.07, 6.45) is 6.18. The first kappa shape index (κ1) is 7.02. The zero-order valence-electron chi connectivity index (χ0n) is 6.81. The van der Waals surface area contributed by atoms with Gasteiger partial charge < -0.3 is 0 Å². The Bertz CT molecular complexity index is 108. The summed E-state index contributed by atoms with van der Waals surface area (Å²) < 4.78 is 0. The van der Waals surface area contributed by atoms with Crippen molar-refractivity contribution in [2.45, 2.75) is 37.9 Å². The first-order valence-corrected chi connectivity index (χ1v) is 6.15. The van der Waals surface area contributed by atoms with Crippen molar-refractivity contribution in [1.29, 1.82) is 0 Å². The third kappa shape index (κ3) is 1.20. The van der Waals surface area contributed by atoms with Gasteiger partial charge in [0.25, 0.3) is 0 Å². The van der Waals surface area contributed by atoms with Crippen molar-refractivity contribution in [3.63, 3.8) is 0 Å². The van der Waals surface area contributed by atoms with Crippen LogP contribution in [-0.4, -0.2) is 16.8 Å². The second kappa shape index (κ2) is 2.77. The van der Waals surface area contributed by atoms with Gasteiger partial charge in [-0.05, 0) is 30.2 Å².